The summed E-state index contributed by atoms with van der Waals surface area (Å²) in [5.41, 5.74) is 0. The van der Waals surface area contributed by atoms with Crippen molar-refractivity contribution in [1.29, 1.82) is 0 Å². The third-order valence-corrected chi connectivity index (χ3v) is 1.35. The molecular formula is C7H15F2NO. The van der Waals surface area contributed by atoms with E-state index < -0.39 is 13.3 Å². The summed E-state index contributed by atoms with van der Waals surface area (Å²) < 4.78 is 28.2. The predicted molar refractivity (Wildman–Crippen MR) is 40.2 cm³/mol. The van der Waals surface area contributed by atoms with Gasteiger partial charge in [0, 0.05) is 19.7 Å². The molecule has 4 heteroatoms. The summed E-state index contributed by atoms with van der Waals surface area (Å²) >= 11 is 0. The second-order valence-electron chi connectivity index (χ2n) is 2.27. The Kier molecular flexibility index (Phi) is 7.72. The van der Waals surface area contributed by atoms with Crippen molar-refractivity contribution in [3.05, 3.63) is 0 Å². The minimum Gasteiger partial charge on any atom is -0.383 e. The first-order valence-corrected chi connectivity index (χ1v) is 3.69. The van der Waals surface area contributed by atoms with Gasteiger partial charge in [-0.25, -0.2) is 4.39 Å². The molecule has 0 fully saturated rings. The standard InChI is InChI=1S/C7H15F2NO/c1-11-6-7(2-3-8)10-5-4-9/h7,10H,2-6H2,1H3. The molecular weight excluding hydrogens is 152 g/mol. The lowest BCUT2D eigenvalue weighted by molar-refractivity contribution is 0.157. The molecule has 0 bridgehead atoms. The van der Waals surface area contributed by atoms with Crippen LogP contribution < -0.4 is 5.32 Å². The van der Waals surface area contributed by atoms with Crippen LogP contribution in [-0.4, -0.2) is 39.7 Å². The second-order valence-corrected chi connectivity index (χ2v) is 2.27. The molecule has 0 saturated carbocycles. The Morgan fingerprint density at radius 2 is 2.09 bits per heavy atom. The fourth-order valence-electron chi connectivity index (χ4n) is 0.836. The maximum Gasteiger partial charge on any atom is 0.102 e. The molecule has 1 atom stereocenters. The number of ether oxygens (including phenoxy) is 1. The number of nitrogens with one attached hydrogen (secondary N) is 1. The van der Waals surface area contributed by atoms with Crippen LogP contribution in [0.5, 0.6) is 0 Å². The molecule has 0 saturated heterocycles. The minimum absolute atomic E-state index is 0.0549. The van der Waals surface area contributed by atoms with E-state index in [1.54, 1.807) is 7.11 Å². The molecule has 0 aromatic rings. The first kappa shape index (κ1) is 10.8. The molecule has 0 amide bonds. The Bertz CT molecular complexity index is 76.8. The van der Waals surface area contributed by atoms with Crippen LogP contribution in [0.1, 0.15) is 6.42 Å². The fraction of sp³-hybridized carbons (Fsp3) is 1.00. The summed E-state index contributed by atoms with van der Waals surface area (Å²) in [6, 6.07) is -0.0549. The molecule has 0 aliphatic rings. The number of hydrogen-bond donors (Lipinski definition) is 1. The Labute approximate surface area is 65.9 Å². The lowest BCUT2D eigenvalue weighted by Crippen LogP contribution is -2.35. The zero-order valence-electron chi connectivity index (χ0n) is 6.78. The predicted octanol–water partition coefficient (Wildman–Crippen LogP) is 0.920. The molecule has 0 aliphatic carbocycles. The van der Waals surface area contributed by atoms with Crippen LogP contribution in [0, 0.1) is 0 Å². The van der Waals surface area contributed by atoms with E-state index in [4.69, 9.17) is 4.74 Å². The van der Waals surface area contributed by atoms with E-state index in [1.165, 1.54) is 0 Å². The highest BCUT2D eigenvalue weighted by atomic mass is 19.1. The lowest BCUT2D eigenvalue weighted by Gasteiger charge is -2.14. The highest BCUT2D eigenvalue weighted by Crippen LogP contribution is 1.92. The zero-order chi connectivity index (χ0) is 8.53. The van der Waals surface area contributed by atoms with Crippen LogP contribution in [0.25, 0.3) is 0 Å². The van der Waals surface area contributed by atoms with Crippen molar-refractivity contribution in [2.24, 2.45) is 0 Å². The van der Waals surface area contributed by atoms with Crippen LogP contribution in [0.15, 0.2) is 0 Å². The molecule has 1 unspecified atom stereocenters. The highest BCUT2D eigenvalue weighted by Gasteiger charge is 2.05. The van der Waals surface area contributed by atoms with Crippen molar-refractivity contribution in [2.75, 3.05) is 33.6 Å². The van der Waals surface area contributed by atoms with Gasteiger partial charge in [-0.3, -0.25) is 4.39 Å². The summed E-state index contributed by atoms with van der Waals surface area (Å²) in [5.74, 6) is 0. The Morgan fingerprint density at radius 1 is 1.36 bits per heavy atom. The van der Waals surface area contributed by atoms with Crippen LogP contribution >= 0.6 is 0 Å². The van der Waals surface area contributed by atoms with E-state index in [1.807, 2.05) is 0 Å². The summed E-state index contributed by atoms with van der Waals surface area (Å²) in [4.78, 5) is 0. The Balaban J connectivity index is 3.34. The molecule has 11 heavy (non-hydrogen) atoms. The number of alkyl halides is 2. The van der Waals surface area contributed by atoms with Gasteiger partial charge in [-0.05, 0) is 6.42 Å². The lowest BCUT2D eigenvalue weighted by atomic mass is 10.2. The van der Waals surface area contributed by atoms with E-state index >= 15 is 0 Å². The van der Waals surface area contributed by atoms with Gasteiger partial charge in [-0.1, -0.05) is 0 Å². The van der Waals surface area contributed by atoms with Crippen molar-refractivity contribution in [1.82, 2.24) is 5.32 Å². The van der Waals surface area contributed by atoms with Gasteiger partial charge >= 0.3 is 0 Å². The molecule has 0 spiro atoms. The van der Waals surface area contributed by atoms with Gasteiger partial charge < -0.3 is 10.1 Å². The number of halogens is 2. The van der Waals surface area contributed by atoms with Crippen LogP contribution in [-0.2, 0) is 4.74 Å². The normalized spacial score (nSPS) is 13.4. The molecule has 1 N–H and O–H groups in total. The van der Waals surface area contributed by atoms with E-state index in [9.17, 15) is 8.78 Å². The second kappa shape index (κ2) is 7.88. The number of methoxy groups -OCH3 is 1. The topological polar surface area (TPSA) is 21.3 Å². The van der Waals surface area contributed by atoms with Crippen molar-refractivity contribution < 1.29 is 13.5 Å². The van der Waals surface area contributed by atoms with Crippen molar-refractivity contribution in [3.63, 3.8) is 0 Å². The first-order valence-electron chi connectivity index (χ1n) is 3.69. The van der Waals surface area contributed by atoms with Gasteiger partial charge in [0.15, 0.2) is 0 Å². The summed E-state index contributed by atoms with van der Waals surface area (Å²) in [7, 11) is 1.54. The van der Waals surface area contributed by atoms with Gasteiger partial charge in [-0.2, -0.15) is 0 Å². The molecule has 0 heterocycles. The quantitative estimate of drug-likeness (QED) is 0.608. The summed E-state index contributed by atoms with van der Waals surface area (Å²) in [6.45, 7) is -0.113. The first-order chi connectivity index (χ1) is 5.35. The Morgan fingerprint density at radius 3 is 2.55 bits per heavy atom. The molecule has 2 nitrogen and oxygen atoms in total. The molecule has 0 radical (unpaired) electrons. The van der Waals surface area contributed by atoms with E-state index in [0.29, 0.717) is 13.0 Å². The SMILES string of the molecule is COCC(CCF)NCCF. The molecule has 0 aromatic heterocycles. The summed E-state index contributed by atoms with van der Waals surface area (Å²) in [6.07, 6.45) is 0.383. The van der Waals surface area contributed by atoms with Gasteiger partial charge in [-0.15, -0.1) is 0 Å². The fourth-order valence-corrected chi connectivity index (χ4v) is 0.836. The number of hydrogen-bond acceptors (Lipinski definition) is 2. The smallest absolute Gasteiger partial charge is 0.102 e. The average molecular weight is 167 g/mol. The molecule has 0 aromatic carbocycles. The third-order valence-electron chi connectivity index (χ3n) is 1.35. The van der Waals surface area contributed by atoms with E-state index in [-0.39, 0.29) is 12.6 Å². The van der Waals surface area contributed by atoms with Crippen molar-refractivity contribution >= 4 is 0 Å². The van der Waals surface area contributed by atoms with Crippen LogP contribution in [0.2, 0.25) is 0 Å². The maximum absolute atomic E-state index is 11.8. The van der Waals surface area contributed by atoms with Crippen LogP contribution in [0.4, 0.5) is 8.78 Å². The van der Waals surface area contributed by atoms with Gasteiger partial charge in [0.05, 0.1) is 13.3 Å². The molecule has 0 aliphatic heterocycles. The van der Waals surface area contributed by atoms with Crippen LogP contribution in [0.3, 0.4) is 0 Å². The van der Waals surface area contributed by atoms with E-state index in [2.05, 4.69) is 5.32 Å². The highest BCUT2D eigenvalue weighted by molar-refractivity contribution is 4.64. The number of rotatable bonds is 7. The van der Waals surface area contributed by atoms with Crippen molar-refractivity contribution in [3.8, 4) is 0 Å². The van der Waals surface area contributed by atoms with Crippen molar-refractivity contribution in [2.45, 2.75) is 12.5 Å². The third kappa shape index (κ3) is 6.19. The zero-order valence-corrected chi connectivity index (χ0v) is 6.78. The largest absolute Gasteiger partial charge is 0.383 e. The molecule has 0 rings (SSSR count). The maximum atomic E-state index is 11.8. The monoisotopic (exact) mass is 167 g/mol. The van der Waals surface area contributed by atoms with Gasteiger partial charge in [0.25, 0.3) is 0 Å². The summed E-state index contributed by atoms with van der Waals surface area (Å²) in [5, 5.41) is 2.83. The minimum atomic E-state index is -0.424. The van der Waals surface area contributed by atoms with Gasteiger partial charge in [0.1, 0.15) is 6.67 Å². The van der Waals surface area contributed by atoms with Gasteiger partial charge in [0.2, 0.25) is 0 Å². The Hall–Kier alpha value is -0.220. The average Bonchev–Trinajstić information content (AvgIpc) is 2.01. The molecule has 68 valence electrons. The van der Waals surface area contributed by atoms with E-state index in [0.717, 1.165) is 0 Å².